The highest BCUT2D eigenvalue weighted by atomic mass is 35.5. The first-order valence-electron chi connectivity index (χ1n) is 2.76. The number of allylic oxidation sites excluding steroid dienone is 1. The molecule has 1 aliphatic heterocycles. The molecule has 0 aromatic heterocycles. The van der Waals surface area contributed by atoms with Gasteiger partial charge in [-0.25, -0.2) is 0 Å². The number of hydrogen-bond acceptors (Lipinski definition) is 1. The van der Waals surface area contributed by atoms with Crippen LogP contribution in [0, 0.1) is 0 Å². The first-order chi connectivity index (χ1) is 3.93. The van der Waals surface area contributed by atoms with Crippen molar-refractivity contribution in [3.05, 3.63) is 12.2 Å². The third-order valence-electron chi connectivity index (χ3n) is 1.06. The van der Waals surface area contributed by atoms with Gasteiger partial charge in [0.15, 0.2) is 0 Å². The summed E-state index contributed by atoms with van der Waals surface area (Å²) in [7, 11) is 0. The van der Waals surface area contributed by atoms with E-state index in [2.05, 4.69) is 6.08 Å². The molecule has 0 aromatic carbocycles. The van der Waals surface area contributed by atoms with Gasteiger partial charge in [-0.3, -0.25) is 0 Å². The zero-order valence-electron chi connectivity index (χ0n) is 4.64. The third-order valence-corrected chi connectivity index (χ3v) is 1.24. The molecule has 1 atom stereocenters. The van der Waals surface area contributed by atoms with Crippen LogP contribution in [0.4, 0.5) is 0 Å². The second-order valence-corrected chi connectivity index (χ2v) is 2.13. The molecule has 0 N–H and O–H groups in total. The quantitative estimate of drug-likeness (QED) is 0.323. The summed E-state index contributed by atoms with van der Waals surface area (Å²) >= 11 is 5.38. The fraction of sp³-hybridized carbons (Fsp3) is 0.667. The molecule has 0 aliphatic carbocycles. The molecule has 0 spiro atoms. The smallest absolute Gasteiger partial charge is 0.0844 e. The number of rotatable bonds is 3. The molecule has 8 heavy (non-hydrogen) atoms. The fourth-order valence-electron chi connectivity index (χ4n) is 0.515. The summed E-state index contributed by atoms with van der Waals surface area (Å²) in [6.07, 6.45) is 5.55. The molecule has 46 valence electrons. The molecule has 0 amide bonds. The maximum atomic E-state index is 5.38. The molecule has 0 saturated carbocycles. The van der Waals surface area contributed by atoms with E-state index in [1.807, 2.05) is 6.08 Å². The lowest BCUT2D eigenvalue weighted by atomic mass is 10.3. The summed E-state index contributed by atoms with van der Waals surface area (Å²) in [5.41, 5.74) is 0. The Kier molecular flexibility index (Phi) is 2.37. The Bertz CT molecular complexity index is 86.5. The molecule has 2 heteroatoms. The minimum Gasteiger partial charge on any atom is -0.373 e. The van der Waals surface area contributed by atoms with E-state index < -0.39 is 0 Å². The van der Waals surface area contributed by atoms with Crippen molar-refractivity contribution in [2.45, 2.75) is 12.5 Å². The van der Waals surface area contributed by atoms with Gasteiger partial charge in [0.25, 0.3) is 0 Å². The highest BCUT2D eigenvalue weighted by molar-refractivity contribution is 6.18. The van der Waals surface area contributed by atoms with E-state index in [1.165, 1.54) is 0 Å². The van der Waals surface area contributed by atoms with Crippen LogP contribution in [0.5, 0.6) is 0 Å². The predicted molar refractivity (Wildman–Crippen MR) is 34.2 cm³/mol. The summed E-state index contributed by atoms with van der Waals surface area (Å²) in [6.45, 7) is 0.937. The van der Waals surface area contributed by atoms with Crippen molar-refractivity contribution in [3.8, 4) is 0 Å². The maximum absolute atomic E-state index is 5.38. The van der Waals surface area contributed by atoms with Gasteiger partial charge in [-0.1, -0.05) is 12.2 Å². The molecular weight excluding hydrogens is 124 g/mol. The number of alkyl halides is 1. The molecule has 1 heterocycles. The minimum absolute atomic E-state index is 0.509. The summed E-state index contributed by atoms with van der Waals surface area (Å²) in [6, 6.07) is 0. The molecule has 0 bridgehead atoms. The van der Waals surface area contributed by atoms with E-state index in [0.29, 0.717) is 12.0 Å². The Labute approximate surface area is 54.3 Å². The van der Waals surface area contributed by atoms with E-state index in [4.69, 9.17) is 16.3 Å². The van der Waals surface area contributed by atoms with Gasteiger partial charge < -0.3 is 4.74 Å². The van der Waals surface area contributed by atoms with E-state index in [9.17, 15) is 0 Å². The van der Waals surface area contributed by atoms with Crippen molar-refractivity contribution >= 4 is 11.6 Å². The molecule has 1 aliphatic rings. The average Bonchev–Trinajstić information content (AvgIpc) is 2.51. The van der Waals surface area contributed by atoms with Crippen LogP contribution in [0.1, 0.15) is 6.42 Å². The Balaban J connectivity index is 1.93. The van der Waals surface area contributed by atoms with Crippen molar-refractivity contribution < 1.29 is 4.74 Å². The van der Waals surface area contributed by atoms with Crippen LogP contribution in [0.2, 0.25) is 0 Å². The number of epoxide rings is 1. The molecule has 1 unspecified atom stereocenters. The maximum Gasteiger partial charge on any atom is 0.0844 e. The SMILES string of the molecule is ClCC=CCC1CO1. The van der Waals surface area contributed by atoms with Gasteiger partial charge >= 0.3 is 0 Å². The lowest BCUT2D eigenvalue weighted by molar-refractivity contribution is 0.410. The lowest BCUT2D eigenvalue weighted by Gasteiger charge is -1.79. The van der Waals surface area contributed by atoms with E-state index >= 15 is 0 Å². The van der Waals surface area contributed by atoms with E-state index in [-0.39, 0.29) is 0 Å². The first kappa shape index (κ1) is 6.12. The molecule has 0 aromatic rings. The van der Waals surface area contributed by atoms with Crippen LogP contribution >= 0.6 is 11.6 Å². The van der Waals surface area contributed by atoms with Gasteiger partial charge in [-0.15, -0.1) is 11.6 Å². The van der Waals surface area contributed by atoms with Gasteiger partial charge in [-0.05, 0) is 6.42 Å². The highest BCUT2D eigenvalue weighted by Crippen LogP contribution is 2.13. The zero-order valence-corrected chi connectivity index (χ0v) is 5.40. The topological polar surface area (TPSA) is 12.5 Å². The van der Waals surface area contributed by atoms with Crippen LogP contribution in [0.15, 0.2) is 12.2 Å². The Morgan fingerprint density at radius 1 is 1.62 bits per heavy atom. The van der Waals surface area contributed by atoms with Gasteiger partial charge in [0.1, 0.15) is 0 Å². The number of ether oxygens (including phenoxy) is 1. The third kappa shape index (κ3) is 2.34. The van der Waals surface area contributed by atoms with Crippen LogP contribution in [-0.4, -0.2) is 18.6 Å². The van der Waals surface area contributed by atoms with Crippen molar-refractivity contribution in [1.29, 1.82) is 0 Å². The van der Waals surface area contributed by atoms with Gasteiger partial charge in [0, 0.05) is 5.88 Å². The molecule has 1 saturated heterocycles. The lowest BCUT2D eigenvalue weighted by Crippen LogP contribution is -1.77. The van der Waals surface area contributed by atoms with Crippen molar-refractivity contribution in [1.82, 2.24) is 0 Å². The second kappa shape index (κ2) is 3.10. The summed E-state index contributed by atoms with van der Waals surface area (Å²) < 4.78 is 4.96. The highest BCUT2D eigenvalue weighted by Gasteiger charge is 2.19. The van der Waals surface area contributed by atoms with Crippen molar-refractivity contribution in [2.24, 2.45) is 0 Å². The molecule has 1 nitrogen and oxygen atoms in total. The Hall–Kier alpha value is -0.0100. The monoisotopic (exact) mass is 132 g/mol. The van der Waals surface area contributed by atoms with Gasteiger partial charge in [-0.2, -0.15) is 0 Å². The predicted octanol–water partition coefficient (Wildman–Crippen LogP) is 1.57. The zero-order chi connectivity index (χ0) is 5.82. The van der Waals surface area contributed by atoms with Gasteiger partial charge in [0.2, 0.25) is 0 Å². The van der Waals surface area contributed by atoms with Crippen LogP contribution < -0.4 is 0 Å². The normalized spacial score (nSPS) is 26.9. The summed E-state index contributed by atoms with van der Waals surface area (Å²) in [4.78, 5) is 0. The van der Waals surface area contributed by atoms with E-state index in [1.54, 1.807) is 0 Å². The first-order valence-corrected chi connectivity index (χ1v) is 3.29. The summed E-state index contributed by atoms with van der Waals surface area (Å²) in [5.74, 6) is 0.618. The summed E-state index contributed by atoms with van der Waals surface area (Å²) in [5, 5.41) is 0. The molecule has 1 rings (SSSR count). The fourth-order valence-corrected chi connectivity index (χ4v) is 0.641. The van der Waals surface area contributed by atoms with Crippen LogP contribution in [0.25, 0.3) is 0 Å². The Morgan fingerprint density at radius 3 is 2.88 bits per heavy atom. The minimum atomic E-state index is 0.509. The molecule has 1 fully saturated rings. The molecule has 0 radical (unpaired) electrons. The van der Waals surface area contributed by atoms with Gasteiger partial charge in [0.05, 0.1) is 12.7 Å². The van der Waals surface area contributed by atoms with Crippen molar-refractivity contribution in [3.63, 3.8) is 0 Å². The molecular formula is C6H9ClO. The Morgan fingerprint density at radius 2 is 2.38 bits per heavy atom. The largest absolute Gasteiger partial charge is 0.373 e. The van der Waals surface area contributed by atoms with Crippen LogP contribution in [0.3, 0.4) is 0 Å². The second-order valence-electron chi connectivity index (χ2n) is 1.82. The van der Waals surface area contributed by atoms with Crippen molar-refractivity contribution in [2.75, 3.05) is 12.5 Å². The van der Waals surface area contributed by atoms with E-state index in [0.717, 1.165) is 13.0 Å². The number of hydrogen-bond donors (Lipinski definition) is 0. The van der Waals surface area contributed by atoms with Crippen LogP contribution in [-0.2, 0) is 4.74 Å². The number of halogens is 1. The standard InChI is InChI=1S/C6H9ClO/c7-4-2-1-3-6-5-8-6/h1-2,6H,3-5H2. The average molecular weight is 133 g/mol.